The molecular weight excluding hydrogens is 336 g/mol. The number of nitrogens with one attached hydrogen (secondary N) is 2. The molecule has 0 fully saturated rings. The second-order valence-corrected chi connectivity index (χ2v) is 6.61. The molecule has 7 nitrogen and oxygen atoms in total. The Hall–Kier alpha value is -2.67. The fourth-order valence-corrected chi connectivity index (χ4v) is 2.17. The van der Waals surface area contributed by atoms with Crippen molar-refractivity contribution in [1.82, 2.24) is 10.6 Å². The first-order valence-corrected chi connectivity index (χ1v) is 8.48. The van der Waals surface area contributed by atoms with Crippen molar-refractivity contribution in [2.45, 2.75) is 52.6 Å². The van der Waals surface area contributed by atoms with Crippen LogP contribution in [-0.4, -0.2) is 43.3 Å². The van der Waals surface area contributed by atoms with Crippen molar-refractivity contribution in [2.24, 2.45) is 11.8 Å². The van der Waals surface area contributed by atoms with Crippen molar-refractivity contribution in [2.75, 3.05) is 13.2 Å². The second kappa shape index (κ2) is 12.7. The zero-order valence-electron chi connectivity index (χ0n) is 15.8. The molecule has 0 aliphatic carbocycles. The number of hydrogen-bond acceptors (Lipinski definition) is 5. The summed E-state index contributed by atoms with van der Waals surface area (Å²) in [5.74, 6) is 3.53. The number of amides is 2. The first kappa shape index (κ1) is 23.3. The second-order valence-electron chi connectivity index (χ2n) is 6.61. The molecule has 0 spiro atoms. The van der Waals surface area contributed by atoms with Gasteiger partial charge < -0.3 is 20.1 Å². The summed E-state index contributed by atoms with van der Waals surface area (Å²) in [6, 6.07) is -1.72. The van der Waals surface area contributed by atoms with Crippen molar-refractivity contribution in [1.29, 1.82) is 0 Å². The third kappa shape index (κ3) is 10.2. The van der Waals surface area contributed by atoms with Crippen LogP contribution in [0.5, 0.6) is 0 Å². The maximum atomic E-state index is 12.6. The Kier molecular flexibility index (Phi) is 11.4. The lowest BCUT2D eigenvalue weighted by molar-refractivity contribution is -0.147. The molecule has 0 saturated heterocycles. The molecule has 0 aromatic rings. The number of terminal acetylenes is 2. The zero-order chi connectivity index (χ0) is 20.1. The molecule has 2 amide bonds. The van der Waals surface area contributed by atoms with Crippen LogP contribution in [-0.2, 0) is 19.1 Å². The third-order valence-corrected chi connectivity index (χ3v) is 3.21. The van der Waals surface area contributed by atoms with E-state index in [0.29, 0.717) is 12.8 Å². The van der Waals surface area contributed by atoms with Gasteiger partial charge >= 0.3 is 12.1 Å². The summed E-state index contributed by atoms with van der Waals surface area (Å²) in [5.41, 5.74) is 0. The van der Waals surface area contributed by atoms with E-state index in [1.165, 1.54) is 0 Å². The Morgan fingerprint density at radius 2 is 1.35 bits per heavy atom. The van der Waals surface area contributed by atoms with Crippen LogP contribution in [0.4, 0.5) is 4.79 Å². The maximum Gasteiger partial charge on any atom is 0.408 e. The van der Waals surface area contributed by atoms with E-state index >= 15 is 0 Å². The molecule has 0 aliphatic rings. The first-order valence-electron chi connectivity index (χ1n) is 8.48. The van der Waals surface area contributed by atoms with Gasteiger partial charge in [-0.15, -0.1) is 12.8 Å². The molecule has 0 bridgehead atoms. The summed E-state index contributed by atoms with van der Waals surface area (Å²) >= 11 is 0. The Morgan fingerprint density at radius 3 is 1.85 bits per heavy atom. The number of carbonyl (C=O) groups is 3. The Bertz CT molecular complexity index is 557. The first-order chi connectivity index (χ1) is 12.2. The zero-order valence-corrected chi connectivity index (χ0v) is 15.8. The largest absolute Gasteiger partial charge is 0.451 e. The van der Waals surface area contributed by atoms with Crippen LogP contribution in [0.15, 0.2) is 0 Å². The monoisotopic (exact) mass is 364 g/mol. The van der Waals surface area contributed by atoms with Crippen molar-refractivity contribution in [3.05, 3.63) is 0 Å². The van der Waals surface area contributed by atoms with E-state index in [0.717, 1.165) is 0 Å². The third-order valence-electron chi connectivity index (χ3n) is 3.21. The van der Waals surface area contributed by atoms with Gasteiger partial charge in [0, 0.05) is 0 Å². The number of hydrogen-bond donors (Lipinski definition) is 2. The predicted molar refractivity (Wildman–Crippen MR) is 97.7 cm³/mol. The average molecular weight is 364 g/mol. The molecule has 0 radical (unpaired) electrons. The minimum absolute atomic E-state index is 0.121. The molecule has 0 aromatic heterocycles. The highest BCUT2D eigenvalue weighted by atomic mass is 16.5. The quantitative estimate of drug-likeness (QED) is 0.452. The van der Waals surface area contributed by atoms with Crippen molar-refractivity contribution < 1.29 is 23.9 Å². The molecule has 0 rings (SSSR count). The van der Waals surface area contributed by atoms with Gasteiger partial charge in [0.2, 0.25) is 5.91 Å². The summed E-state index contributed by atoms with van der Waals surface area (Å²) in [6.45, 7) is 7.26. The van der Waals surface area contributed by atoms with Crippen LogP contribution in [0.3, 0.4) is 0 Å². The van der Waals surface area contributed by atoms with E-state index in [1.807, 2.05) is 27.7 Å². The van der Waals surface area contributed by atoms with E-state index in [2.05, 4.69) is 22.5 Å². The van der Waals surface area contributed by atoms with Gasteiger partial charge in [0.1, 0.15) is 12.1 Å². The summed E-state index contributed by atoms with van der Waals surface area (Å²) in [5, 5.41) is 5.10. The van der Waals surface area contributed by atoms with Crippen molar-refractivity contribution in [3.8, 4) is 24.7 Å². The summed E-state index contributed by atoms with van der Waals surface area (Å²) in [4.78, 5) is 36.4. The minimum Gasteiger partial charge on any atom is -0.451 e. The van der Waals surface area contributed by atoms with Crippen LogP contribution in [0.1, 0.15) is 40.5 Å². The van der Waals surface area contributed by atoms with Gasteiger partial charge in [-0.1, -0.05) is 39.5 Å². The van der Waals surface area contributed by atoms with Crippen LogP contribution < -0.4 is 10.6 Å². The summed E-state index contributed by atoms with van der Waals surface area (Å²) in [7, 11) is 0. The summed E-state index contributed by atoms with van der Waals surface area (Å²) < 4.78 is 9.67. The molecule has 2 unspecified atom stereocenters. The molecule has 2 atom stereocenters. The summed E-state index contributed by atoms with van der Waals surface area (Å²) in [6.07, 6.45) is 10.1. The molecule has 2 N–H and O–H groups in total. The maximum absolute atomic E-state index is 12.6. The van der Waals surface area contributed by atoms with E-state index < -0.39 is 30.1 Å². The molecular formula is C19H28N2O5. The van der Waals surface area contributed by atoms with Crippen LogP contribution in [0.25, 0.3) is 0 Å². The Balaban J connectivity index is 5.07. The molecule has 0 aromatic carbocycles. The van der Waals surface area contributed by atoms with Gasteiger partial charge in [-0.05, 0) is 24.7 Å². The van der Waals surface area contributed by atoms with Gasteiger partial charge in [-0.25, -0.2) is 9.59 Å². The lowest BCUT2D eigenvalue weighted by atomic mass is 10.0. The topological polar surface area (TPSA) is 93.7 Å². The standard InChI is InChI=1S/C19H28N2O5/c1-7-9-25-18(23)16(12-14(5)6)20-17(22)15(11-13(3)4)21-19(24)26-10-8-2/h1-2,13-16H,9-12H2,3-6H3,(H,20,22)(H,21,24). The normalized spacial score (nSPS) is 12.5. The van der Waals surface area contributed by atoms with Gasteiger partial charge in [0.15, 0.2) is 13.2 Å². The van der Waals surface area contributed by atoms with E-state index in [-0.39, 0.29) is 25.0 Å². The van der Waals surface area contributed by atoms with Crippen molar-refractivity contribution >= 4 is 18.0 Å². The van der Waals surface area contributed by atoms with Crippen LogP contribution >= 0.6 is 0 Å². The molecule has 7 heteroatoms. The number of carbonyl (C=O) groups excluding carboxylic acids is 3. The highest BCUT2D eigenvalue weighted by molar-refractivity contribution is 5.89. The number of esters is 1. The average Bonchev–Trinajstić information content (AvgIpc) is 2.55. The highest BCUT2D eigenvalue weighted by Crippen LogP contribution is 2.10. The highest BCUT2D eigenvalue weighted by Gasteiger charge is 2.29. The smallest absolute Gasteiger partial charge is 0.408 e. The minimum atomic E-state index is -0.865. The van der Waals surface area contributed by atoms with Crippen LogP contribution in [0, 0.1) is 36.5 Å². The van der Waals surface area contributed by atoms with Crippen LogP contribution in [0.2, 0.25) is 0 Å². The lowest BCUT2D eigenvalue weighted by Gasteiger charge is -2.24. The molecule has 0 aliphatic heterocycles. The van der Waals surface area contributed by atoms with Crippen molar-refractivity contribution in [3.63, 3.8) is 0 Å². The molecule has 144 valence electrons. The van der Waals surface area contributed by atoms with Gasteiger partial charge in [-0.3, -0.25) is 4.79 Å². The molecule has 0 heterocycles. The van der Waals surface area contributed by atoms with E-state index in [4.69, 9.17) is 22.3 Å². The lowest BCUT2D eigenvalue weighted by Crippen LogP contribution is -2.52. The Morgan fingerprint density at radius 1 is 0.846 bits per heavy atom. The Labute approximate surface area is 155 Å². The number of ether oxygens (including phenoxy) is 2. The van der Waals surface area contributed by atoms with Gasteiger partial charge in [0.05, 0.1) is 0 Å². The number of rotatable bonds is 10. The van der Waals surface area contributed by atoms with Gasteiger partial charge in [0.25, 0.3) is 0 Å². The SMILES string of the molecule is C#CCOC(=O)NC(CC(C)C)C(=O)NC(CC(C)C)C(=O)OCC#C. The fourth-order valence-electron chi connectivity index (χ4n) is 2.17. The van der Waals surface area contributed by atoms with E-state index in [9.17, 15) is 14.4 Å². The fraction of sp³-hybridized carbons (Fsp3) is 0.632. The number of alkyl carbamates (subject to hydrolysis) is 1. The van der Waals surface area contributed by atoms with E-state index in [1.54, 1.807) is 0 Å². The molecule has 0 saturated carbocycles. The van der Waals surface area contributed by atoms with Gasteiger partial charge in [-0.2, -0.15) is 0 Å². The molecule has 26 heavy (non-hydrogen) atoms. The predicted octanol–water partition coefficient (Wildman–Crippen LogP) is 1.47.